The number of fused-ring (bicyclic) bond motifs is 1. The molecule has 4 nitrogen and oxygen atoms in total. The van der Waals surface area contributed by atoms with Gasteiger partial charge in [0, 0.05) is 10.4 Å². The Labute approximate surface area is 113 Å². The van der Waals surface area contributed by atoms with Crippen LogP contribution in [0.25, 0.3) is 10.9 Å². The first-order valence-corrected chi connectivity index (χ1v) is 6.89. The van der Waals surface area contributed by atoms with E-state index in [0.717, 1.165) is 4.90 Å². The molecule has 0 spiro atoms. The van der Waals surface area contributed by atoms with Gasteiger partial charge in [-0.25, -0.2) is 4.98 Å². The molecule has 1 fully saturated rings. The molecule has 1 aromatic carbocycles. The molecule has 18 heavy (non-hydrogen) atoms. The van der Waals surface area contributed by atoms with Crippen LogP contribution in [0.15, 0.2) is 27.9 Å². The Bertz CT molecular complexity index is 666. The van der Waals surface area contributed by atoms with Crippen LogP contribution in [0, 0.1) is 0 Å². The second kappa shape index (κ2) is 4.26. The van der Waals surface area contributed by atoms with Gasteiger partial charge in [-0.15, -0.1) is 0 Å². The van der Waals surface area contributed by atoms with Crippen molar-refractivity contribution in [2.24, 2.45) is 0 Å². The predicted molar refractivity (Wildman–Crippen MR) is 74.0 cm³/mol. The summed E-state index contributed by atoms with van der Waals surface area (Å²) in [5, 5.41) is 0.684. The molecule has 0 unspecified atom stereocenters. The summed E-state index contributed by atoms with van der Waals surface area (Å²) in [5.41, 5.74) is 0.667. The molecular formula is C12H12ClN3OS. The summed E-state index contributed by atoms with van der Waals surface area (Å²) in [7, 11) is 0. The minimum absolute atomic E-state index is 0.122. The van der Waals surface area contributed by atoms with Crippen molar-refractivity contribution in [2.45, 2.75) is 30.2 Å². The molecule has 2 aromatic rings. The molecule has 1 saturated carbocycles. The lowest BCUT2D eigenvalue weighted by Gasteiger charge is -2.10. The quantitative estimate of drug-likeness (QED) is 0.671. The summed E-state index contributed by atoms with van der Waals surface area (Å²) >= 11 is 7.26. The van der Waals surface area contributed by atoms with Gasteiger partial charge in [0.15, 0.2) is 0 Å². The van der Waals surface area contributed by atoms with Crippen molar-refractivity contribution in [1.82, 2.24) is 14.7 Å². The fourth-order valence-electron chi connectivity index (χ4n) is 1.62. The van der Waals surface area contributed by atoms with Gasteiger partial charge in [-0.05, 0) is 61.5 Å². The van der Waals surface area contributed by atoms with Crippen LogP contribution >= 0.6 is 23.5 Å². The van der Waals surface area contributed by atoms with Crippen molar-refractivity contribution in [1.29, 1.82) is 0 Å². The smallest absolute Gasteiger partial charge is 0.259 e. The Morgan fingerprint density at radius 1 is 1.50 bits per heavy atom. The molecule has 0 saturated heterocycles. The number of rotatable bonds is 3. The number of hydrogen-bond acceptors (Lipinski definition) is 4. The van der Waals surface area contributed by atoms with Crippen LogP contribution in [0.1, 0.15) is 19.8 Å². The molecule has 1 aromatic heterocycles. The Morgan fingerprint density at radius 3 is 3.00 bits per heavy atom. The van der Waals surface area contributed by atoms with Crippen molar-refractivity contribution < 1.29 is 0 Å². The van der Waals surface area contributed by atoms with Crippen LogP contribution in [-0.2, 0) is 0 Å². The predicted octanol–water partition coefficient (Wildman–Crippen LogP) is 2.73. The van der Waals surface area contributed by atoms with Gasteiger partial charge in [-0.2, -0.15) is 0 Å². The third-order valence-corrected chi connectivity index (χ3v) is 4.33. The minimum atomic E-state index is -0.204. The van der Waals surface area contributed by atoms with Crippen LogP contribution in [0.3, 0.4) is 0 Å². The van der Waals surface area contributed by atoms with Crippen molar-refractivity contribution in [3.8, 4) is 0 Å². The molecule has 0 radical (unpaired) electrons. The Morgan fingerprint density at radius 2 is 2.28 bits per heavy atom. The zero-order valence-electron chi connectivity index (χ0n) is 9.79. The number of hydrogen-bond donors (Lipinski definition) is 2. The van der Waals surface area contributed by atoms with E-state index in [0.29, 0.717) is 10.9 Å². The van der Waals surface area contributed by atoms with Crippen LogP contribution in [0.4, 0.5) is 0 Å². The molecule has 0 bridgehead atoms. The standard InChI is InChI=1S/C12H12ClN3OS/c1-12(4-5-12)16-18-7-2-3-9-8(6-7)10(17)15-11(13)14-9/h2-3,6,16H,4-5H2,1H3,(H,14,15,17). The van der Waals surface area contributed by atoms with Crippen molar-refractivity contribution >= 4 is 34.5 Å². The second-order valence-corrected chi connectivity index (χ2v) is 6.04. The van der Waals surface area contributed by atoms with Gasteiger partial charge < -0.3 is 0 Å². The lowest BCUT2D eigenvalue weighted by atomic mass is 10.2. The summed E-state index contributed by atoms with van der Waals surface area (Å²) in [6.45, 7) is 2.19. The van der Waals surface area contributed by atoms with E-state index in [-0.39, 0.29) is 16.4 Å². The molecule has 0 atom stereocenters. The molecule has 1 heterocycles. The molecule has 3 rings (SSSR count). The molecule has 1 aliphatic rings. The van der Waals surface area contributed by atoms with E-state index < -0.39 is 0 Å². The average Bonchev–Trinajstić information content (AvgIpc) is 3.05. The highest BCUT2D eigenvalue weighted by atomic mass is 35.5. The maximum absolute atomic E-state index is 11.8. The number of aromatic amines is 1. The summed E-state index contributed by atoms with van der Waals surface area (Å²) in [6.07, 6.45) is 2.40. The SMILES string of the molecule is CC1(NSc2ccc3nc(Cl)[nH]c(=O)c3c2)CC1. The Kier molecular flexibility index (Phi) is 2.84. The monoisotopic (exact) mass is 281 g/mol. The van der Waals surface area contributed by atoms with Gasteiger partial charge in [-0.1, -0.05) is 0 Å². The highest BCUT2D eigenvalue weighted by Crippen LogP contribution is 2.37. The maximum Gasteiger partial charge on any atom is 0.259 e. The third kappa shape index (κ3) is 2.39. The Balaban J connectivity index is 1.93. The molecule has 94 valence electrons. The fraction of sp³-hybridized carbons (Fsp3) is 0.333. The first-order chi connectivity index (χ1) is 8.56. The van der Waals surface area contributed by atoms with Gasteiger partial charge >= 0.3 is 0 Å². The number of aromatic nitrogens is 2. The molecular weight excluding hydrogens is 270 g/mol. The second-order valence-electron chi connectivity index (χ2n) is 4.80. The van der Waals surface area contributed by atoms with Gasteiger partial charge in [-0.3, -0.25) is 14.5 Å². The topological polar surface area (TPSA) is 57.8 Å². The van der Waals surface area contributed by atoms with Crippen molar-refractivity contribution in [3.05, 3.63) is 33.8 Å². The molecule has 2 N–H and O–H groups in total. The summed E-state index contributed by atoms with van der Waals surface area (Å²) in [5.74, 6) is 0. The zero-order valence-corrected chi connectivity index (χ0v) is 11.4. The van der Waals surface area contributed by atoms with E-state index in [1.54, 1.807) is 11.9 Å². The first kappa shape index (κ1) is 12.0. The maximum atomic E-state index is 11.8. The van der Waals surface area contributed by atoms with Gasteiger partial charge in [0.05, 0.1) is 10.9 Å². The van der Waals surface area contributed by atoms with E-state index >= 15 is 0 Å². The lowest BCUT2D eigenvalue weighted by Crippen LogP contribution is -2.19. The van der Waals surface area contributed by atoms with E-state index in [1.807, 2.05) is 18.2 Å². The third-order valence-electron chi connectivity index (χ3n) is 3.06. The highest BCUT2D eigenvalue weighted by Gasteiger charge is 2.36. The van der Waals surface area contributed by atoms with Crippen LogP contribution < -0.4 is 10.3 Å². The molecule has 1 aliphatic carbocycles. The number of nitrogens with one attached hydrogen (secondary N) is 2. The van der Waals surface area contributed by atoms with Crippen molar-refractivity contribution in [3.63, 3.8) is 0 Å². The van der Waals surface area contributed by atoms with E-state index in [2.05, 4.69) is 21.6 Å². The number of nitrogens with zero attached hydrogens (tertiary/aromatic N) is 1. The largest absolute Gasteiger partial charge is 0.297 e. The van der Waals surface area contributed by atoms with Gasteiger partial charge in [0.1, 0.15) is 0 Å². The Hall–Kier alpha value is -1.04. The van der Waals surface area contributed by atoms with Crippen LogP contribution in [0.5, 0.6) is 0 Å². The zero-order chi connectivity index (χ0) is 12.8. The van der Waals surface area contributed by atoms with Crippen molar-refractivity contribution in [2.75, 3.05) is 0 Å². The van der Waals surface area contributed by atoms with E-state index in [9.17, 15) is 4.79 Å². The first-order valence-electron chi connectivity index (χ1n) is 5.69. The van der Waals surface area contributed by atoms with Gasteiger partial charge in [0.2, 0.25) is 5.28 Å². The lowest BCUT2D eigenvalue weighted by molar-refractivity contribution is 0.701. The summed E-state index contributed by atoms with van der Waals surface area (Å²) in [4.78, 5) is 19.3. The molecule has 0 aliphatic heterocycles. The highest BCUT2D eigenvalue weighted by molar-refractivity contribution is 7.97. The number of H-pyrrole nitrogens is 1. The number of halogens is 1. The normalized spacial score (nSPS) is 17.0. The number of benzene rings is 1. The van der Waals surface area contributed by atoms with E-state index in [1.165, 1.54) is 12.8 Å². The average molecular weight is 282 g/mol. The fourth-order valence-corrected chi connectivity index (χ4v) is 2.68. The molecule has 6 heteroatoms. The molecule has 0 amide bonds. The minimum Gasteiger partial charge on any atom is -0.297 e. The summed E-state index contributed by atoms with van der Waals surface area (Å²) < 4.78 is 3.40. The van der Waals surface area contributed by atoms with Gasteiger partial charge in [0.25, 0.3) is 5.56 Å². The van der Waals surface area contributed by atoms with Crippen LogP contribution in [-0.4, -0.2) is 15.5 Å². The summed E-state index contributed by atoms with van der Waals surface area (Å²) in [6, 6.07) is 5.59. The van der Waals surface area contributed by atoms with Crippen LogP contribution in [0.2, 0.25) is 5.28 Å². The van der Waals surface area contributed by atoms with E-state index in [4.69, 9.17) is 11.6 Å².